The standard InChI is InChI=1S/C20H18O3/c21-19(18-11-10-16-7-4-8-17(16)13-18)14-23-20(22)12-9-15-5-2-1-3-6-15/h1-3,5-6,9-13H,4,7-8,14H2/b12-9+. The molecule has 0 aliphatic heterocycles. The minimum absolute atomic E-state index is 0.166. The normalized spacial score (nSPS) is 13.0. The first kappa shape index (κ1) is 15.2. The average molecular weight is 306 g/mol. The Labute approximate surface area is 135 Å². The first-order valence-corrected chi connectivity index (χ1v) is 7.77. The number of hydrogen-bond acceptors (Lipinski definition) is 3. The van der Waals surface area contributed by atoms with Gasteiger partial charge in [-0.3, -0.25) is 4.79 Å². The number of hydrogen-bond donors (Lipinski definition) is 0. The molecule has 0 heterocycles. The summed E-state index contributed by atoms with van der Waals surface area (Å²) in [5, 5.41) is 0. The highest BCUT2D eigenvalue weighted by molar-refractivity contribution is 5.99. The average Bonchev–Trinajstić information content (AvgIpc) is 3.06. The van der Waals surface area contributed by atoms with Crippen LogP contribution in [0.2, 0.25) is 0 Å². The fourth-order valence-corrected chi connectivity index (χ4v) is 2.74. The van der Waals surface area contributed by atoms with Gasteiger partial charge in [-0.2, -0.15) is 0 Å². The summed E-state index contributed by atoms with van der Waals surface area (Å²) in [6, 6.07) is 15.2. The zero-order valence-corrected chi connectivity index (χ0v) is 12.8. The van der Waals surface area contributed by atoms with Crippen molar-refractivity contribution in [3.8, 4) is 0 Å². The van der Waals surface area contributed by atoms with E-state index in [1.54, 1.807) is 6.08 Å². The molecule has 2 aromatic rings. The minimum Gasteiger partial charge on any atom is -0.454 e. The monoisotopic (exact) mass is 306 g/mol. The molecule has 0 saturated heterocycles. The zero-order valence-electron chi connectivity index (χ0n) is 12.8. The highest BCUT2D eigenvalue weighted by Gasteiger charge is 2.14. The van der Waals surface area contributed by atoms with Gasteiger partial charge in [0.2, 0.25) is 0 Å². The molecule has 1 aliphatic rings. The van der Waals surface area contributed by atoms with Gasteiger partial charge in [-0.05, 0) is 48.1 Å². The molecule has 0 amide bonds. The van der Waals surface area contributed by atoms with Crippen LogP contribution in [-0.2, 0) is 22.4 Å². The summed E-state index contributed by atoms with van der Waals surface area (Å²) in [6.45, 7) is -0.225. The van der Waals surface area contributed by atoms with Gasteiger partial charge in [0.1, 0.15) is 0 Å². The summed E-state index contributed by atoms with van der Waals surface area (Å²) in [5.74, 6) is -0.676. The summed E-state index contributed by atoms with van der Waals surface area (Å²) in [5.41, 5.74) is 4.09. The number of benzene rings is 2. The van der Waals surface area contributed by atoms with Crippen molar-refractivity contribution in [1.82, 2.24) is 0 Å². The van der Waals surface area contributed by atoms with Gasteiger partial charge in [-0.25, -0.2) is 4.79 Å². The molecule has 1 aliphatic carbocycles. The summed E-state index contributed by atoms with van der Waals surface area (Å²) in [7, 11) is 0. The SMILES string of the molecule is O=C(/C=C/c1ccccc1)OCC(=O)c1ccc2c(c1)CCC2. The smallest absolute Gasteiger partial charge is 0.331 e. The van der Waals surface area contributed by atoms with E-state index in [9.17, 15) is 9.59 Å². The molecule has 0 bridgehead atoms. The molecule has 0 atom stereocenters. The lowest BCUT2D eigenvalue weighted by Crippen LogP contribution is -2.12. The van der Waals surface area contributed by atoms with Gasteiger partial charge in [-0.15, -0.1) is 0 Å². The lowest BCUT2D eigenvalue weighted by molar-refractivity contribution is -0.136. The second kappa shape index (κ2) is 7.05. The van der Waals surface area contributed by atoms with E-state index < -0.39 is 5.97 Å². The largest absolute Gasteiger partial charge is 0.454 e. The second-order valence-corrected chi connectivity index (χ2v) is 5.61. The van der Waals surface area contributed by atoms with E-state index in [0.29, 0.717) is 5.56 Å². The fourth-order valence-electron chi connectivity index (χ4n) is 2.74. The van der Waals surface area contributed by atoms with E-state index in [4.69, 9.17) is 4.74 Å². The van der Waals surface area contributed by atoms with Gasteiger partial charge in [0.15, 0.2) is 12.4 Å². The predicted molar refractivity (Wildman–Crippen MR) is 89.2 cm³/mol. The van der Waals surface area contributed by atoms with Crippen LogP contribution in [0, 0.1) is 0 Å². The van der Waals surface area contributed by atoms with Crippen molar-refractivity contribution < 1.29 is 14.3 Å². The van der Waals surface area contributed by atoms with E-state index >= 15 is 0 Å². The molecule has 3 nitrogen and oxygen atoms in total. The number of ether oxygens (including phenoxy) is 1. The summed E-state index contributed by atoms with van der Waals surface area (Å²) >= 11 is 0. The lowest BCUT2D eigenvalue weighted by atomic mass is 10.0. The zero-order chi connectivity index (χ0) is 16.1. The molecule has 0 fully saturated rings. The highest BCUT2D eigenvalue weighted by Crippen LogP contribution is 2.23. The van der Waals surface area contributed by atoms with Crippen molar-refractivity contribution in [2.75, 3.05) is 6.61 Å². The van der Waals surface area contributed by atoms with Crippen molar-refractivity contribution in [1.29, 1.82) is 0 Å². The van der Waals surface area contributed by atoms with E-state index in [0.717, 1.165) is 24.8 Å². The fraction of sp³-hybridized carbons (Fsp3) is 0.200. The van der Waals surface area contributed by atoms with Crippen LogP contribution in [-0.4, -0.2) is 18.4 Å². The van der Waals surface area contributed by atoms with Crippen molar-refractivity contribution in [3.63, 3.8) is 0 Å². The van der Waals surface area contributed by atoms with Gasteiger partial charge in [0.25, 0.3) is 0 Å². The minimum atomic E-state index is -0.511. The van der Waals surface area contributed by atoms with Crippen molar-refractivity contribution in [3.05, 3.63) is 76.9 Å². The Morgan fingerprint density at radius 1 is 1.00 bits per heavy atom. The Morgan fingerprint density at radius 2 is 1.78 bits per heavy atom. The van der Waals surface area contributed by atoms with E-state index in [1.807, 2.05) is 48.5 Å². The Kier molecular flexibility index (Phi) is 4.67. The Bertz CT molecular complexity index is 745. The number of Topliss-reactive ketones (excluding diaryl/α,β-unsaturated/α-hetero) is 1. The Balaban J connectivity index is 1.54. The first-order chi connectivity index (χ1) is 11.2. The number of rotatable bonds is 5. The van der Waals surface area contributed by atoms with Crippen molar-refractivity contribution in [2.45, 2.75) is 19.3 Å². The second-order valence-electron chi connectivity index (χ2n) is 5.61. The molecule has 0 N–H and O–H groups in total. The number of esters is 1. The summed E-state index contributed by atoms with van der Waals surface area (Å²) in [4.78, 5) is 23.8. The molecule has 3 rings (SSSR count). The van der Waals surface area contributed by atoms with Gasteiger partial charge in [0, 0.05) is 11.6 Å². The molecular formula is C20H18O3. The molecule has 23 heavy (non-hydrogen) atoms. The molecule has 2 aromatic carbocycles. The van der Waals surface area contributed by atoms with Crippen LogP contribution in [0.1, 0.15) is 33.5 Å². The van der Waals surface area contributed by atoms with Crippen LogP contribution >= 0.6 is 0 Å². The van der Waals surface area contributed by atoms with Crippen LogP contribution in [0.25, 0.3) is 6.08 Å². The van der Waals surface area contributed by atoms with Crippen LogP contribution < -0.4 is 0 Å². The molecule has 3 heteroatoms. The molecule has 0 aromatic heterocycles. The maximum absolute atomic E-state index is 12.1. The number of fused-ring (bicyclic) bond motifs is 1. The van der Waals surface area contributed by atoms with Gasteiger partial charge >= 0.3 is 5.97 Å². The van der Waals surface area contributed by atoms with Gasteiger partial charge < -0.3 is 4.74 Å². The summed E-state index contributed by atoms with van der Waals surface area (Å²) < 4.78 is 5.02. The van der Waals surface area contributed by atoms with Crippen LogP contribution in [0.4, 0.5) is 0 Å². The van der Waals surface area contributed by atoms with Crippen molar-refractivity contribution >= 4 is 17.8 Å². The number of ketones is 1. The predicted octanol–water partition coefficient (Wildman–Crippen LogP) is 3.61. The van der Waals surface area contributed by atoms with Crippen LogP contribution in [0.3, 0.4) is 0 Å². The van der Waals surface area contributed by atoms with E-state index in [-0.39, 0.29) is 12.4 Å². The van der Waals surface area contributed by atoms with Gasteiger partial charge in [0.05, 0.1) is 0 Å². The van der Waals surface area contributed by atoms with Crippen molar-refractivity contribution in [2.24, 2.45) is 0 Å². The third-order valence-electron chi connectivity index (χ3n) is 3.98. The first-order valence-electron chi connectivity index (χ1n) is 7.77. The lowest BCUT2D eigenvalue weighted by Gasteiger charge is -2.05. The third-order valence-corrected chi connectivity index (χ3v) is 3.98. The highest BCUT2D eigenvalue weighted by atomic mass is 16.5. The number of carbonyl (C=O) groups is 2. The molecular weight excluding hydrogens is 288 g/mol. The molecule has 0 unspecified atom stereocenters. The quantitative estimate of drug-likeness (QED) is 0.481. The maximum atomic E-state index is 12.1. The third kappa shape index (κ3) is 3.95. The van der Waals surface area contributed by atoms with E-state index in [1.165, 1.54) is 17.2 Å². The molecule has 0 spiro atoms. The number of carbonyl (C=O) groups excluding carboxylic acids is 2. The van der Waals surface area contributed by atoms with Crippen LogP contribution in [0.5, 0.6) is 0 Å². The molecule has 116 valence electrons. The topological polar surface area (TPSA) is 43.4 Å². The maximum Gasteiger partial charge on any atom is 0.331 e. The molecule has 0 radical (unpaired) electrons. The molecule has 0 saturated carbocycles. The number of aryl methyl sites for hydroxylation is 2. The van der Waals surface area contributed by atoms with E-state index in [2.05, 4.69) is 0 Å². The Hall–Kier alpha value is -2.68. The Morgan fingerprint density at radius 3 is 2.61 bits per heavy atom. The summed E-state index contributed by atoms with van der Waals surface area (Å²) in [6.07, 6.45) is 6.26. The van der Waals surface area contributed by atoms with Gasteiger partial charge in [-0.1, -0.05) is 42.5 Å². The van der Waals surface area contributed by atoms with Crippen LogP contribution in [0.15, 0.2) is 54.6 Å².